The molecule has 5 nitrogen and oxygen atoms in total. The number of benzene rings is 4. The van der Waals surface area contributed by atoms with E-state index in [2.05, 4.69) is 0 Å². The summed E-state index contributed by atoms with van der Waals surface area (Å²) in [4.78, 5) is 12.6. The molecule has 1 atom stereocenters. The lowest BCUT2D eigenvalue weighted by molar-refractivity contribution is 0.103. The van der Waals surface area contributed by atoms with E-state index >= 15 is 0 Å². The smallest absolute Gasteiger partial charge is 0.195 e. The maximum absolute atomic E-state index is 12.6. The number of ketones is 1. The number of hydrogen-bond donors (Lipinski definition) is 3. The zero-order chi connectivity index (χ0) is 21.8. The quantitative estimate of drug-likeness (QED) is 0.308. The van der Waals surface area contributed by atoms with Gasteiger partial charge in [-0.2, -0.15) is 0 Å². The second-order valence-corrected chi connectivity index (χ2v) is 7.14. The number of ether oxygens (including phenoxy) is 1. The third-order valence-electron chi connectivity index (χ3n) is 5.04. The normalized spacial score (nSPS) is 11.6. The second kappa shape index (κ2) is 8.73. The molecular weight excluding hydrogens is 388 g/mol. The molecule has 4 aromatic rings. The number of hydrogen-bond acceptors (Lipinski definition) is 5. The molecule has 4 rings (SSSR count). The Kier molecular flexibility index (Phi) is 5.69. The van der Waals surface area contributed by atoms with Crippen LogP contribution in [0, 0.1) is 0 Å². The van der Waals surface area contributed by atoms with Gasteiger partial charge in [-0.05, 0) is 60.2 Å². The zero-order valence-electron chi connectivity index (χ0n) is 16.7. The highest BCUT2D eigenvalue weighted by Crippen LogP contribution is 2.29. The Bertz CT molecular complexity index is 1200. The van der Waals surface area contributed by atoms with Crippen LogP contribution < -0.4 is 16.2 Å². The molecule has 0 bridgehead atoms. The monoisotopic (exact) mass is 410 g/mol. The lowest BCUT2D eigenvalue weighted by atomic mass is 10.00. The number of carbonyl (C=O) groups is 1. The summed E-state index contributed by atoms with van der Waals surface area (Å²) in [7, 11) is 0. The molecule has 0 aromatic heterocycles. The van der Waals surface area contributed by atoms with E-state index in [0.29, 0.717) is 45.1 Å². The van der Waals surface area contributed by atoms with Gasteiger partial charge in [0.2, 0.25) is 0 Å². The highest BCUT2D eigenvalue weighted by Gasteiger charge is 2.14. The van der Waals surface area contributed by atoms with Crippen LogP contribution in [-0.2, 0) is 0 Å². The number of aliphatic hydroxyl groups excluding tert-OH is 1. The van der Waals surface area contributed by atoms with Crippen molar-refractivity contribution in [3.05, 3.63) is 119 Å². The summed E-state index contributed by atoms with van der Waals surface area (Å²) in [5.74, 6) is 1.07. The molecule has 0 aliphatic rings. The predicted octanol–water partition coefficient (Wildman–Crippen LogP) is 4.96. The second-order valence-electron chi connectivity index (χ2n) is 7.14. The molecule has 1 unspecified atom stereocenters. The first-order valence-electron chi connectivity index (χ1n) is 9.82. The van der Waals surface area contributed by atoms with Gasteiger partial charge in [0.25, 0.3) is 0 Å². The van der Waals surface area contributed by atoms with Crippen LogP contribution in [0.25, 0.3) is 0 Å². The van der Waals surface area contributed by atoms with Gasteiger partial charge in [-0.3, -0.25) is 4.79 Å². The van der Waals surface area contributed by atoms with E-state index in [-0.39, 0.29) is 5.78 Å². The number of carbonyl (C=O) groups excluding carboxylic acids is 1. The van der Waals surface area contributed by atoms with Crippen LogP contribution in [-0.4, -0.2) is 10.9 Å². The number of rotatable bonds is 6. The minimum atomic E-state index is -0.814. The van der Waals surface area contributed by atoms with Crippen molar-refractivity contribution in [2.75, 3.05) is 11.5 Å². The Morgan fingerprint density at radius 2 is 1.26 bits per heavy atom. The lowest BCUT2D eigenvalue weighted by Crippen LogP contribution is -2.05. The SMILES string of the molecule is Nc1ccccc1C(=O)c1ccc(Oc2ccc(C(O)c3ccccc3N)cc2)cc1. The Morgan fingerprint density at radius 3 is 1.87 bits per heavy atom. The van der Waals surface area contributed by atoms with Gasteiger partial charge < -0.3 is 21.3 Å². The summed E-state index contributed by atoms with van der Waals surface area (Å²) < 4.78 is 5.86. The molecule has 0 heterocycles. The number of nitrogens with two attached hydrogens (primary N) is 2. The summed E-state index contributed by atoms with van der Waals surface area (Å²) in [6.07, 6.45) is -0.814. The summed E-state index contributed by atoms with van der Waals surface area (Å²) >= 11 is 0. The van der Waals surface area contributed by atoms with Gasteiger partial charge in [0.05, 0.1) is 0 Å². The molecule has 0 radical (unpaired) electrons. The third-order valence-corrected chi connectivity index (χ3v) is 5.04. The molecule has 0 spiro atoms. The van der Waals surface area contributed by atoms with E-state index < -0.39 is 6.10 Å². The standard InChI is InChI=1S/C26H22N2O3/c27-23-7-3-1-5-21(23)25(29)17-9-13-19(14-10-17)31-20-15-11-18(12-16-20)26(30)22-6-2-4-8-24(22)28/h1-16,25,29H,27-28H2. The number of aliphatic hydroxyl groups is 1. The van der Waals surface area contributed by atoms with Gasteiger partial charge in [0.15, 0.2) is 5.78 Å². The van der Waals surface area contributed by atoms with Gasteiger partial charge in [-0.1, -0.05) is 42.5 Å². The van der Waals surface area contributed by atoms with E-state index in [1.807, 2.05) is 12.1 Å². The van der Waals surface area contributed by atoms with E-state index in [1.165, 1.54) is 0 Å². The molecule has 0 amide bonds. The van der Waals surface area contributed by atoms with E-state index in [4.69, 9.17) is 16.2 Å². The third kappa shape index (κ3) is 4.42. The Balaban J connectivity index is 1.46. The van der Waals surface area contributed by atoms with Gasteiger partial charge >= 0.3 is 0 Å². The molecule has 0 saturated heterocycles. The van der Waals surface area contributed by atoms with Crippen molar-refractivity contribution in [1.29, 1.82) is 0 Å². The summed E-state index contributed by atoms with van der Waals surface area (Å²) in [5.41, 5.74) is 15.2. The fourth-order valence-electron chi connectivity index (χ4n) is 3.33. The minimum Gasteiger partial charge on any atom is -0.457 e. The van der Waals surface area contributed by atoms with Crippen molar-refractivity contribution in [2.45, 2.75) is 6.10 Å². The van der Waals surface area contributed by atoms with Crippen LogP contribution in [0.2, 0.25) is 0 Å². The van der Waals surface area contributed by atoms with Gasteiger partial charge in [-0.15, -0.1) is 0 Å². The van der Waals surface area contributed by atoms with Crippen LogP contribution in [0.5, 0.6) is 11.5 Å². The van der Waals surface area contributed by atoms with Crippen LogP contribution in [0.1, 0.15) is 33.2 Å². The van der Waals surface area contributed by atoms with Gasteiger partial charge in [0, 0.05) is 28.1 Å². The molecule has 0 aliphatic carbocycles. The van der Waals surface area contributed by atoms with Crippen LogP contribution in [0.3, 0.4) is 0 Å². The lowest BCUT2D eigenvalue weighted by Gasteiger charge is -2.14. The van der Waals surface area contributed by atoms with Crippen molar-refractivity contribution < 1.29 is 14.6 Å². The van der Waals surface area contributed by atoms with Crippen LogP contribution in [0.15, 0.2) is 97.1 Å². The van der Waals surface area contributed by atoms with Crippen LogP contribution >= 0.6 is 0 Å². The fraction of sp³-hybridized carbons (Fsp3) is 0.0385. The molecular formula is C26H22N2O3. The molecule has 0 fully saturated rings. The van der Waals surface area contributed by atoms with Crippen molar-refractivity contribution in [1.82, 2.24) is 0 Å². The largest absolute Gasteiger partial charge is 0.457 e. The first kappa shape index (κ1) is 20.2. The highest BCUT2D eigenvalue weighted by atomic mass is 16.5. The number of anilines is 2. The maximum atomic E-state index is 12.6. The zero-order valence-corrected chi connectivity index (χ0v) is 16.7. The molecule has 0 saturated carbocycles. The molecule has 154 valence electrons. The Labute approximate surface area is 180 Å². The van der Waals surface area contributed by atoms with E-state index in [0.717, 1.165) is 0 Å². The van der Waals surface area contributed by atoms with Crippen molar-refractivity contribution in [3.8, 4) is 11.5 Å². The maximum Gasteiger partial charge on any atom is 0.195 e. The van der Waals surface area contributed by atoms with Crippen molar-refractivity contribution in [2.24, 2.45) is 0 Å². The van der Waals surface area contributed by atoms with E-state index in [9.17, 15) is 9.90 Å². The molecule has 4 aromatic carbocycles. The molecule has 0 aliphatic heterocycles. The van der Waals surface area contributed by atoms with Crippen molar-refractivity contribution >= 4 is 17.2 Å². The fourth-order valence-corrected chi connectivity index (χ4v) is 3.33. The average Bonchev–Trinajstić information content (AvgIpc) is 2.80. The van der Waals surface area contributed by atoms with Gasteiger partial charge in [-0.25, -0.2) is 0 Å². The molecule has 5 heteroatoms. The first-order valence-corrected chi connectivity index (χ1v) is 9.82. The van der Waals surface area contributed by atoms with Gasteiger partial charge in [0.1, 0.15) is 17.6 Å². The van der Waals surface area contributed by atoms with Crippen LogP contribution in [0.4, 0.5) is 11.4 Å². The van der Waals surface area contributed by atoms with Crippen molar-refractivity contribution in [3.63, 3.8) is 0 Å². The molecule has 31 heavy (non-hydrogen) atoms. The summed E-state index contributed by atoms with van der Waals surface area (Å²) in [6, 6.07) is 28.3. The topological polar surface area (TPSA) is 98.6 Å². The van der Waals surface area contributed by atoms with E-state index in [1.54, 1.807) is 84.9 Å². The molecule has 5 N–H and O–H groups in total. The summed E-state index contributed by atoms with van der Waals surface area (Å²) in [5, 5.41) is 10.6. The first-order chi connectivity index (χ1) is 15.0. The number of nitrogen functional groups attached to an aromatic ring is 2. The Hall–Kier alpha value is -4.09. The average molecular weight is 410 g/mol. The highest BCUT2D eigenvalue weighted by molar-refractivity contribution is 6.12. The summed E-state index contributed by atoms with van der Waals surface area (Å²) in [6.45, 7) is 0. The Morgan fingerprint density at radius 1 is 0.710 bits per heavy atom. The predicted molar refractivity (Wildman–Crippen MR) is 122 cm³/mol. The number of para-hydroxylation sites is 2. The minimum absolute atomic E-state index is 0.136.